The Bertz CT molecular complexity index is 1250. The SMILES string of the molecule is Cc1ccccc1-c1cc(CC2CCN(C(C)C)CC2)cc2c1CNC(=O)N2c1c(C)cccc1O. The van der Waals surface area contributed by atoms with Crippen LogP contribution in [-0.2, 0) is 13.0 Å². The largest absolute Gasteiger partial charge is 0.506 e. The molecule has 2 aliphatic rings. The number of carbonyl (C=O) groups is 1. The van der Waals surface area contributed by atoms with Gasteiger partial charge in [-0.1, -0.05) is 42.5 Å². The van der Waals surface area contributed by atoms with Crippen molar-refractivity contribution >= 4 is 17.4 Å². The minimum Gasteiger partial charge on any atom is -0.506 e. The average Bonchev–Trinajstić information content (AvgIpc) is 2.85. The zero-order chi connectivity index (χ0) is 25.4. The quantitative estimate of drug-likeness (QED) is 0.425. The number of phenols is 1. The third-order valence-electron chi connectivity index (χ3n) is 7.93. The van der Waals surface area contributed by atoms with Gasteiger partial charge < -0.3 is 15.3 Å². The van der Waals surface area contributed by atoms with Gasteiger partial charge in [0.15, 0.2) is 0 Å². The summed E-state index contributed by atoms with van der Waals surface area (Å²) in [6, 6.07) is 18.8. The summed E-state index contributed by atoms with van der Waals surface area (Å²) in [5.74, 6) is 0.738. The number of phenolic OH excluding ortho intramolecular Hbond substituents is 1. The number of nitrogens with one attached hydrogen (secondary N) is 1. The van der Waals surface area contributed by atoms with Crippen LogP contribution in [0.1, 0.15) is 48.9 Å². The van der Waals surface area contributed by atoms with Crippen LogP contribution in [0.3, 0.4) is 0 Å². The Morgan fingerprint density at radius 3 is 2.39 bits per heavy atom. The number of urea groups is 1. The van der Waals surface area contributed by atoms with Crippen LogP contribution in [0.2, 0.25) is 0 Å². The van der Waals surface area contributed by atoms with E-state index in [4.69, 9.17) is 0 Å². The number of nitrogens with zero attached hydrogens (tertiary/aromatic N) is 2. The Morgan fingerprint density at radius 2 is 1.69 bits per heavy atom. The highest BCUT2D eigenvalue weighted by molar-refractivity contribution is 6.05. The van der Waals surface area contributed by atoms with Crippen molar-refractivity contribution < 1.29 is 9.90 Å². The maximum Gasteiger partial charge on any atom is 0.326 e. The molecule has 3 aromatic rings. The fraction of sp³-hybridized carbons (Fsp3) is 0.387. The van der Waals surface area contributed by atoms with Crippen LogP contribution >= 0.6 is 0 Å². The lowest BCUT2D eigenvalue weighted by molar-refractivity contribution is 0.149. The number of aryl methyl sites for hydroxylation is 2. The van der Waals surface area contributed by atoms with Gasteiger partial charge in [0.25, 0.3) is 0 Å². The minimum atomic E-state index is -0.203. The molecule has 2 amide bonds. The standard InChI is InChI=1S/C31H37N3O2/c1-20(2)33-14-12-23(13-15-33)16-24-17-26(25-10-6-5-8-21(25)3)27-19-32-31(36)34(28(27)18-24)30-22(4)9-7-11-29(30)35/h5-11,17-18,20,23,35H,12-16,19H2,1-4H3,(H,32,36). The molecule has 188 valence electrons. The van der Waals surface area contributed by atoms with Gasteiger partial charge in [0.05, 0.1) is 11.4 Å². The number of carbonyl (C=O) groups excluding carboxylic acids is 1. The number of fused-ring (bicyclic) bond motifs is 1. The van der Waals surface area contributed by atoms with Crippen LogP contribution < -0.4 is 10.2 Å². The van der Waals surface area contributed by atoms with Crippen LogP contribution in [-0.4, -0.2) is 35.2 Å². The van der Waals surface area contributed by atoms with Crippen LogP contribution in [0.15, 0.2) is 54.6 Å². The van der Waals surface area contributed by atoms with Gasteiger partial charge in [-0.05, 0) is 106 Å². The number of rotatable bonds is 5. The molecule has 0 aliphatic carbocycles. The lowest BCUT2D eigenvalue weighted by Crippen LogP contribution is -2.42. The van der Waals surface area contributed by atoms with Crippen molar-refractivity contribution in [2.75, 3.05) is 18.0 Å². The maximum absolute atomic E-state index is 13.3. The van der Waals surface area contributed by atoms with E-state index in [9.17, 15) is 9.90 Å². The van der Waals surface area contributed by atoms with Gasteiger partial charge in [-0.15, -0.1) is 0 Å². The number of likely N-dealkylation sites (tertiary alicyclic amines) is 1. The average molecular weight is 484 g/mol. The number of benzene rings is 3. The summed E-state index contributed by atoms with van der Waals surface area (Å²) in [6.45, 7) is 11.4. The van der Waals surface area contributed by atoms with Crippen molar-refractivity contribution in [3.05, 3.63) is 76.9 Å². The lowest BCUT2D eigenvalue weighted by atomic mass is 9.86. The summed E-state index contributed by atoms with van der Waals surface area (Å²) in [6.07, 6.45) is 3.38. The number of para-hydroxylation sites is 1. The molecule has 0 unspecified atom stereocenters. The van der Waals surface area contributed by atoms with Crippen LogP contribution in [0.4, 0.5) is 16.2 Å². The Hall–Kier alpha value is -3.31. The topological polar surface area (TPSA) is 55.8 Å². The highest BCUT2D eigenvalue weighted by Crippen LogP contribution is 2.43. The highest BCUT2D eigenvalue weighted by Gasteiger charge is 2.31. The summed E-state index contributed by atoms with van der Waals surface area (Å²) < 4.78 is 0. The van der Waals surface area contributed by atoms with E-state index in [1.807, 2.05) is 19.1 Å². The van der Waals surface area contributed by atoms with E-state index >= 15 is 0 Å². The number of piperidine rings is 1. The van der Waals surface area contributed by atoms with E-state index in [1.54, 1.807) is 11.0 Å². The number of hydrogen-bond acceptors (Lipinski definition) is 3. The molecule has 0 spiro atoms. The van der Waals surface area contributed by atoms with Gasteiger partial charge in [-0.2, -0.15) is 0 Å². The second-order valence-electron chi connectivity index (χ2n) is 10.7. The molecule has 2 aliphatic heterocycles. The minimum absolute atomic E-state index is 0.113. The van der Waals surface area contributed by atoms with Crippen LogP contribution in [0.25, 0.3) is 11.1 Å². The van der Waals surface area contributed by atoms with Gasteiger partial charge in [0, 0.05) is 18.2 Å². The molecule has 0 atom stereocenters. The van der Waals surface area contributed by atoms with Crippen molar-refractivity contribution in [3.63, 3.8) is 0 Å². The predicted molar refractivity (Wildman–Crippen MR) is 147 cm³/mol. The third kappa shape index (κ3) is 4.60. The van der Waals surface area contributed by atoms with E-state index in [0.717, 1.165) is 36.3 Å². The Morgan fingerprint density at radius 1 is 0.972 bits per heavy atom. The van der Waals surface area contributed by atoms with E-state index in [2.05, 4.69) is 67.4 Å². The normalized spacial score (nSPS) is 16.8. The number of aromatic hydroxyl groups is 1. The monoisotopic (exact) mass is 483 g/mol. The first-order valence-corrected chi connectivity index (χ1v) is 13.2. The van der Waals surface area contributed by atoms with E-state index in [-0.39, 0.29) is 11.8 Å². The van der Waals surface area contributed by atoms with Gasteiger partial charge >= 0.3 is 6.03 Å². The summed E-state index contributed by atoms with van der Waals surface area (Å²) in [4.78, 5) is 17.5. The molecule has 36 heavy (non-hydrogen) atoms. The molecular formula is C31H37N3O2. The van der Waals surface area contributed by atoms with E-state index < -0.39 is 0 Å². The second-order valence-corrected chi connectivity index (χ2v) is 10.7. The first kappa shape index (κ1) is 24.4. The Kier molecular flexibility index (Phi) is 6.76. The summed E-state index contributed by atoms with van der Waals surface area (Å²) >= 11 is 0. The molecule has 0 bridgehead atoms. The van der Waals surface area contributed by atoms with Gasteiger partial charge in [0.1, 0.15) is 5.75 Å². The zero-order valence-electron chi connectivity index (χ0n) is 21.8. The van der Waals surface area contributed by atoms with E-state index in [1.165, 1.54) is 35.1 Å². The summed E-state index contributed by atoms with van der Waals surface area (Å²) in [5.41, 5.74) is 8.19. The maximum atomic E-state index is 13.3. The predicted octanol–water partition coefficient (Wildman–Crippen LogP) is 6.70. The highest BCUT2D eigenvalue weighted by atomic mass is 16.3. The van der Waals surface area contributed by atoms with Crippen molar-refractivity contribution in [1.29, 1.82) is 0 Å². The fourth-order valence-corrected chi connectivity index (χ4v) is 5.85. The van der Waals surface area contributed by atoms with Gasteiger partial charge in [0.2, 0.25) is 0 Å². The molecule has 3 aromatic carbocycles. The number of hydrogen-bond donors (Lipinski definition) is 2. The van der Waals surface area contributed by atoms with E-state index in [0.29, 0.717) is 24.2 Å². The number of anilines is 2. The first-order valence-electron chi connectivity index (χ1n) is 13.2. The molecular weight excluding hydrogens is 446 g/mol. The molecule has 5 nitrogen and oxygen atoms in total. The Balaban J connectivity index is 1.61. The van der Waals surface area contributed by atoms with Crippen molar-refractivity contribution in [3.8, 4) is 16.9 Å². The molecule has 0 saturated carbocycles. The molecule has 0 aromatic heterocycles. The third-order valence-corrected chi connectivity index (χ3v) is 7.93. The molecule has 2 heterocycles. The lowest BCUT2D eigenvalue weighted by Gasteiger charge is -2.36. The molecule has 5 rings (SSSR count). The molecule has 1 saturated heterocycles. The Labute approximate surface area is 214 Å². The summed E-state index contributed by atoms with van der Waals surface area (Å²) in [7, 11) is 0. The summed E-state index contributed by atoms with van der Waals surface area (Å²) in [5, 5.41) is 13.8. The first-order chi connectivity index (χ1) is 17.3. The van der Waals surface area contributed by atoms with Crippen molar-refractivity contribution in [2.45, 2.75) is 59.5 Å². The van der Waals surface area contributed by atoms with Crippen LogP contribution in [0, 0.1) is 19.8 Å². The van der Waals surface area contributed by atoms with Crippen molar-refractivity contribution in [1.82, 2.24) is 10.2 Å². The number of amides is 2. The second kappa shape index (κ2) is 9.98. The molecule has 1 fully saturated rings. The van der Waals surface area contributed by atoms with Gasteiger partial charge in [-0.25, -0.2) is 4.79 Å². The van der Waals surface area contributed by atoms with Crippen LogP contribution in [0.5, 0.6) is 5.75 Å². The van der Waals surface area contributed by atoms with Crippen molar-refractivity contribution in [2.24, 2.45) is 5.92 Å². The molecule has 5 heteroatoms. The molecule has 0 radical (unpaired) electrons. The fourth-order valence-electron chi connectivity index (χ4n) is 5.85. The zero-order valence-corrected chi connectivity index (χ0v) is 21.8. The molecule has 2 N–H and O–H groups in total. The van der Waals surface area contributed by atoms with Gasteiger partial charge in [-0.3, -0.25) is 4.90 Å². The smallest absolute Gasteiger partial charge is 0.326 e.